The molecule has 94 valence electrons. The van der Waals surface area contributed by atoms with E-state index < -0.39 is 0 Å². The van der Waals surface area contributed by atoms with Gasteiger partial charge >= 0.3 is 0 Å². The summed E-state index contributed by atoms with van der Waals surface area (Å²) in [4.78, 5) is 16.2. The Morgan fingerprint density at radius 2 is 1.84 bits per heavy atom. The van der Waals surface area contributed by atoms with Gasteiger partial charge < -0.3 is 9.67 Å². The largest absolute Gasteiger partial charge is 0.506 e. The van der Waals surface area contributed by atoms with Gasteiger partial charge in [-0.3, -0.25) is 9.78 Å². The first-order valence-electron chi connectivity index (χ1n) is 5.96. The lowest BCUT2D eigenvalue weighted by Crippen LogP contribution is -2.20. The second-order valence-electron chi connectivity index (χ2n) is 4.35. The highest BCUT2D eigenvalue weighted by Crippen LogP contribution is 2.19. The van der Waals surface area contributed by atoms with Crippen LogP contribution in [0.25, 0.3) is 10.8 Å². The summed E-state index contributed by atoms with van der Waals surface area (Å²) in [6.07, 6.45) is 4.51. The molecule has 0 aliphatic rings. The molecule has 0 saturated heterocycles. The maximum Gasteiger partial charge on any atom is 0.260 e. The molecular formula is C15H12N2O2. The molecule has 3 aromatic rings. The molecule has 2 heterocycles. The summed E-state index contributed by atoms with van der Waals surface area (Å²) in [7, 11) is 0. The summed E-state index contributed by atoms with van der Waals surface area (Å²) in [5.74, 6) is 0.0291. The Balaban J connectivity index is 2.11. The summed E-state index contributed by atoms with van der Waals surface area (Å²) in [6.45, 7) is 0.505. The van der Waals surface area contributed by atoms with E-state index in [9.17, 15) is 9.90 Å². The normalized spacial score (nSPS) is 10.7. The highest BCUT2D eigenvalue weighted by atomic mass is 16.3. The Bertz CT molecular complexity index is 779. The molecule has 0 amide bonds. The van der Waals surface area contributed by atoms with Crippen molar-refractivity contribution in [2.45, 2.75) is 6.54 Å². The monoisotopic (exact) mass is 252 g/mol. The molecule has 4 nitrogen and oxygen atoms in total. The average Bonchev–Trinajstić information content (AvgIpc) is 2.44. The lowest BCUT2D eigenvalue weighted by atomic mass is 10.2. The van der Waals surface area contributed by atoms with Gasteiger partial charge in [-0.1, -0.05) is 30.3 Å². The van der Waals surface area contributed by atoms with E-state index in [1.165, 1.54) is 12.4 Å². The van der Waals surface area contributed by atoms with Gasteiger partial charge in [0.15, 0.2) is 0 Å². The summed E-state index contributed by atoms with van der Waals surface area (Å²) >= 11 is 0. The van der Waals surface area contributed by atoms with Crippen molar-refractivity contribution in [1.29, 1.82) is 0 Å². The molecule has 0 radical (unpaired) electrons. The van der Waals surface area contributed by atoms with Gasteiger partial charge in [0.25, 0.3) is 5.56 Å². The topological polar surface area (TPSA) is 55.1 Å². The van der Waals surface area contributed by atoms with Crippen molar-refractivity contribution in [3.8, 4) is 5.75 Å². The fraction of sp³-hybridized carbons (Fsp3) is 0.0667. The van der Waals surface area contributed by atoms with Crippen molar-refractivity contribution in [3.63, 3.8) is 0 Å². The van der Waals surface area contributed by atoms with Gasteiger partial charge in [-0.05, 0) is 11.6 Å². The third kappa shape index (κ3) is 2.08. The van der Waals surface area contributed by atoms with Crippen LogP contribution in [0.15, 0.2) is 59.8 Å². The second-order valence-corrected chi connectivity index (χ2v) is 4.35. The molecule has 0 saturated carbocycles. The van der Waals surface area contributed by atoms with E-state index in [4.69, 9.17) is 0 Å². The number of pyridine rings is 2. The SMILES string of the molecule is O=c1c2cncc(O)c2ccn1Cc1ccccc1. The summed E-state index contributed by atoms with van der Waals surface area (Å²) < 4.78 is 1.61. The van der Waals surface area contributed by atoms with E-state index in [1.54, 1.807) is 16.8 Å². The van der Waals surface area contributed by atoms with E-state index in [2.05, 4.69) is 4.98 Å². The summed E-state index contributed by atoms with van der Waals surface area (Å²) in [5, 5.41) is 10.6. The summed E-state index contributed by atoms with van der Waals surface area (Å²) in [5.41, 5.74) is 0.904. The van der Waals surface area contributed by atoms with Crippen LogP contribution >= 0.6 is 0 Å². The maximum absolute atomic E-state index is 12.3. The Kier molecular flexibility index (Phi) is 2.76. The standard InChI is InChI=1S/C15H12N2O2/c18-14-9-16-8-13-12(14)6-7-17(15(13)19)10-11-4-2-1-3-5-11/h1-9,18H,10H2. The van der Waals surface area contributed by atoms with Gasteiger partial charge in [-0.15, -0.1) is 0 Å². The van der Waals surface area contributed by atoms with Crippen LogP contribution in [0.1, 0.15) is 5.56 Å². The molecule has 0 spiro atoms. The molecule has 0 aliphatic carbocycles. The van der Waals surface area contributed by atoms with Crippen molar-refractivity contribution in [3.05, 3.63) is 70.9 Å². The highest BCUT2D eigenvalue weighted by molar-refractivity contribution is 5.85. The predicted molar refractivity (Wildman–Crippen MR) is 73.2 cm³/mol. The minimum absolute atomic E-state index is 0.0291. The van der Waals surface area contributed by atoms with Gasteiger partial charge in [0.1, 0.15) is 5.75 Å². The van der Waals surface area contributed by atoms with E-state index in [-0.39, 0.29) is 11.3 Å². The molecule has 4 heteroatoms. The fourth-order valence-corrected chi connectivity index (χ4v) is 2.10. The quantitative estimate of drug-likeness (QED) is 0.760. The molecule has 1 N–H and O–H groups in total. The van der Waals surface area contributed by atoms with Crippen LogP contribution < -0.4 is 5.56 Å². The number of fused-ring (bicyclic) bond motifs is 1. The molecule has 0 atom stereocenters. The minimum atomic E-state index is -0.148. The first-order valence-corrected chi connectivity index (χ1v) is 5.96. The third-order valence-electron chi connectivity index (χ3n) is 3.07. The van der Waals surface area contributed by atoms with Crippen LogP contribution in [0.3, 0.4) is 0 Å². The number of benzene rings is 1. The van der Waals surface area contributed by atoms with Gasteiger partial charge in [0.05, 0.1) is 18.1 Å². The number of aromatic hydroxyl groups is 1. The van der Waals surface area contributed by atoms with Gasteiger partial charge in [-0.2, -0.15) is 0 Å². The van der Waals surface area contributed by atoms with Crippen molar-refractivity contribution in [2.75, 3.05) is 0 Å². The lowest BCUT2D eigenvalue weighted by molar-refractivity contribution is 0.479. The van der Waals surface area contributed by atoms with Gasteiger partial charge in [-0.25, -0.2) is 0 Å². The average molecular weight is 252 g/mol. The van der Waals surface area contributed by atoms with Crippen LogP contribution in [-0.4, -0.2) is 14.7 Å². The molecule has 0 fully saturated rings. The molecule has 0 bridgehead atoms. The maximum atomic E-state index is 12.3. The van der Waals surface area contributed by atoms with Crippen LogP contribution in [-0.2, 0) is 6.54 Å². The van der Waals surface area contributed by atoms with Crippen LogP contribution in [0.5, 0.6) is 5.75 Å². The third-order valence-corrected chi connectivity index (χ3v) is 3.07. The minimum Gasteiger partial charge on any atom is -0.506 e. The number of hydrogen-bond acceptors (Lipinski definition) is 3. The van der Waals surface area contributed by atoms with Crippen molar-refractivity contribution in [1.82, 2.24) is 9.55 Å². The Labute approximate surface area is 109 Å². The second kappa shape index (κ2) is 4.57. The number of aromatic nitrogens is 2. The van der Waals surface area contributed by atoms with Crippen molar-refractivity contribution >= 4 is 10.8 Å². The number of nitrogens with zero attached hydrogens (tertiary/aromatic N) is 2. The molecule has 3 rings (SSSR count). The fourth-order valence-electron chi connectivity index (χ4n) is 2.10. The van der Waals surface area contributed by atoms with Crippen molar-refractivity contribution in [2.24, 2.45) is 0 Å². The number of rotatable bonds is 2. The molecule has 2 aromatic heterocycles. The van der Waals surface area contributed by atoms with Crippen LogP contribution in [0, 0.1) is 0 Å². The predicted octanol–water partition coefficient (Wildman–Crippen LogP) is 2.15. The Hall–Kier alpha value is -2.62. The first-order chi connectivity index (χ1) is 9.25. The lowest BCUT2D eigenvalue weighted by Gasteiger charge is -2.07. The van der Waals surface area contributed by atoms with E-state index in [1.807, 2.05) is 30.3 Å². The van der Waals surface area contributed by atoms with Crippen LogP contribution in [0.2, 0.25) is 0 Å². The van der Waals surface area contributed by atoms with E-state index in [0.29, 0.717) is 17.3 Å². The smallest absolute Gasteiger partial charge is 0.260 e. The number of hydrogen-bond donors (Lipinski definition) is 1. The molecule has 19 heavy (non-hydrogen) atoms. The van der Waals surface area contributed by atoms with E-state index in [0.717, 1.165) is 5.56 Å². The molecule has 0 unspecified atom stereocenters. The zero-order valence-corrected chi connectivity index (χ0v) is 10.2. The molecule has 0 aliphatic heterocycles. The van der Waals surface area contributed by atoms with E-state index >= 15 is 0 Å². The summed E-state index contributed by atoms with van der Waals surface area (Å²) in [6, 6.07) is 11.5. The Morgan fingerprint density at radius 3 is 2.63 bits per heavy atom. The zero-order chi connectivity index (χ0) is 13.2. The first kappa shape index (κ1) is 11.5. The highest BCUT2D eigenvalue weighted by Gasteiger charge is 2.06. The van der Waals surface area contributed by atoms with Gasteiger partial charge in [0, 0.05) is 17.8 Å². The van der Waals surface area contributed by atoms with Gasteiger partial charge in [0.2, 0.25) is 0 Å². The Morgan fingerprint density at radius 1 is 1.05 bits per heavy atom. The van der Waals surface area contributed by atoms with Crippen molar-refractivity contribution < 1.29 is 5.11 Å². The molecular weight excluding hydrogens is 240 g/mol. The zero-order valence-electron chi connectivity index (χ0n) is 10.2. The molecule has 1 aromatic carbocycles. The van der Waals surface area contributed by atoms with Crippen LogP contribution in [0.4, 0.5) is 0 Å².